The summed E-state index contributed by atoms with van der Waals surface area (Å²) in [6.45, 7) is 10.7. The van der Waals surface area contributed by atoms with Crippen molar-refractivity contribution in [3.63, 3.8) is 0 Å². The predicted octanol–water partition coefficient (Wildman–Crippen LogP) is 4.83. The fraction of sp³-hybridized carbons (Fsp3) is 0.625. The Morgan fingerprint density at radius 3 is 2.36 bits per heavy atom. The molecule has 0 bridgehead atoms. The molecule has 1 aromatic rings. The predicted molar refractivity (Wildman–Crippen MR) is 93.3 cm³/mol. The minimum atomic E-state index is -1.71. The van der Waals surface area contributed by atoms with Crippen LogP contribution in [0.25, 0.3) is 6.08 Å². The SMILES string of the molecule is CC[Si](CC)(CC)O[C@H](CC=O)C(C)=Cc1csc(C)n1.[Os]. The molecule has 0 unspecified atom stereocenters. The topological polar surface area (TPSA) is 39.2 Å². The molecule has 1 aromatic heterocycles. The average molecular weight is 516 g/mol. The molecule has 0 aliphatic rings. The summed E-state index contributed by atoms with van der Waals surface area (Å²) in [7, 11) is -1.71. The van der Waals surface area contributed by atoms with Gasteiger partial charge in [-0.05, 0) is 43.6 Å². The first-order valence-electron chi connectivity index (χ1n) is 7.72. The van der Waals surface area contributed by atoms with Gasteiger partial charge in [0.1, 0.15) is 6.29 Å². The summed E-state index contributed by atoms with van der Waals surface area (Å²) in [5, 5.41) is 3.10. The van der Waals surface area contributed by atoms with Crippen LogP contribution in [-0.2, 0) is 29.0 Å². The third kappa shape index (κ3) is 6.16. The number of hydrogen-bond donors (Lipinski definition) is 0. The fourth-order valence-corrected chi connectivity index (χ4v) is 5.94. The van der Waals surface area contributed by atoms with Crippen LogP contribution in [0.2, 0.25) is 18.1 Å². The molecule has 1 rings (SSSR count). The maximum atomic E-state index is 11.0. The first-order chi connectivity index (χ1) is 10.00. The summed E-state index contributed by atoms with van der Waals surface area (Å²) in [6.07, 6.45) is 3.35. The molecule has 0 aromatic carbocycles. The molecule has 6 heteroatoms. The van der Waals surface area contributed by atoms with Crippen molar-refractivity contribution in [1.29, 1.82) is 0 Å². The van der Waals surface area contributed by atoms with Crippen LogP contribution >= 0.6 is 11.3 Å². The number of aldehydes is 1. The number of thiazole rings is 1. The van der Waals surface area contributed by atoms with Gasteiger partial charge in [-0.15, -0.1) is 11.3 Å². The number of aryl methyl sites for hydroxylation is 1. The molecule has 0 fully saturated rings. The van der Waals surface area contributed by atoms with Crippen molar-refractivity contribution in [2.45, 2.75) is 65.3 Å². The molecule has 0 aliphatic carbocycles. The average Bonchev–Trinajstić information content (AvgIpc) is 2.89. The fourth-order valence-electron chi connectivity index (χ4n) is 2.49. The van der Waals surface area contributed by atoms with E-state index in [0.717, 1.165) is 40.7 Å². The second-order valence-electron chi connectivity index (χ2n) is 5.43. The maximum Gasteiger partial charge on any atom is 0.192 e. The second-order valence-corrected chi connectivity index (χ2v) is 11.2. The van der Waals surface area contributed by atoms with Crippen molar-refractivity contribution in [3.8, 4) is 0 Å². The first-order valence-corrected chi connectivity index (χ1v) is 11.1. The zero-order valence-corrected chi connectivity index (χ0v) is 18.5. The van der Waals surface area contributed by atoms with Crippen LogP contribution in [0.4, 0.5) is 0 Å². The van der Waals surface area contributed by atoms with Gasteiger partial charge in [0.15, 0.2) is 8.32 Å². The molecule has 0 aliphatic heterocycles. The van der Waals surface area contributed by atoms with Crippen LogP contribution < -0.4 is 0 Å². The van der Waals surface area contributed by atoms with Crippen LogP contribution in [0.15, 0.2) is 11.0 Å². The smallest absolute Gasteiger partial charge is 0.192 e. The van der Waals surface area contributed by atoms with Crippen LogP contribution in [0.3, 0.4) is 0 Å². The number of carbonyl (C=O) groups is 1. The van der Waals surface area contributed by atoms with E-state index >= 15 is 0 Å². The van der Waals surface area contributed by atoms with Gasteiger partial charge in [0, 0.05) is 31.6 Å². The zero-order valence-electron chi connectivity index (χ0n) is 14.2. The Bertz CT molecular complexity index is 478. The molecular weight excluding hydrogens is 489 g/mol. The minimum absolute atomic E-state index is 0. The summed E-state index contributed by atoms with van der Waals surface area (Å²) in [6, 6.07) is 3.29. The molecule has 3 nitrogen and oxygen atoms in total. The van der Waals surface area contributed by atoms with Crippen LogP contribution in [0, 0.1) is 6.92 Å². The summed E-state index contributed by atoms with van der Waals surface area (Å²) in [5.74, 6) is 0. The molecule has 0 amide bonds. The number of carbonyl (C=O) groups excluding carboxylic acids is 1. The van der Waals surface area contributed by atoms with E-state index in [1.54, 1.807) is 11.3 Å². The van der Waals surface area contributed by atoms with Gasteiger partial charge >= 0.3 is 0 Å². The van der Waals surface area contributed by atoms with Gasteiger partial charge in [0.2, 0.25) is 0 Å². The molecule has 1 heterocycles. The molecule has 0 radical (unpaired) electrons. The quantitative estimate of drug-likeness (QED) is 0.349. The van der Waals surface area contributed by atoms with E-state index < -0.39 is 8.32 Å². The van der Waals surface area contributed by atoms with Crippen LogP contribution in [-0.4, -0.2) is 25.7 Å². The van der Waals surface area contributed by atoms with Crippen molar-refractivity contribution in [2.75, 3.05) is 0 Å². The molecule has 0 saturated heterocycles. The van der Waals surface area contributed by atoms with E-state index in [9.17, 15) is 4.79 Å². The largest absolute Gasteiger partial charge is 0.410 e. The molecule has 0 spiro atoms. The summed E-state index contributed by atoms with van der Waals surface area (Å²) in [5.41, 5.74) is 2.06. The van der Waals surface area contributed by atoms with E-state index in [-0.39, 0.29) is 25.9 Å². The van der Waals surface area contributed by atoms with Gasteiger partial charge in [-0.2, -0.15) is 0 Å². The Morgan fingerprint density at radius 1 is 1.36 bits per heavy atom. The minimum Gasteiger partial charge on any atom is -0.410 e. The molecule has 22 heavy (non-hydrogen) atoms. The van der Waals surface area contributed by atoms with E-state index in [1.165, 1.54) is 0 Å². The van der Waals surface area contributed by atoms with Gasteiger partial charge < -0.3 is 9.22 Å². The van der Waals surface area contributed by atoms with E-state index in [0.29, 0.717) is 6.42 Å². The Kier molecular flexibility index (Phi) is 10.5. The van der Waals surface area contributed by atoms with E-state index in [2.05, 4.69) is 31.8 Å². The van der Waals surface area contributed by atoms with E-state index in [4.69, 9.17) is 4.43 Å². The van der Waals surface area contributed by atoms with Gasteiger partial charge in [0.25, 0.3) is 0 Å². The third-order valence-electron chi connectivity index (χ3n) is 4.16. The molecular formula is C16H27NO2OsSSi. The van der Waals surface area contributed by atoms with Crippen molar-refractivity contribution in [1.82, 2.24) is 4.98 Å². The summed E-state index contributed by atoms with van der Waals surface area (Å²) in [4.78, 5) is 15.5. The first kappa shape index (κ1) is 21.9. The van der Waals surface area contributed by atoms with Crippen molar-refractivity contribution in [2.24, 2.45) is 0 Å². The van der Waals surface area contributed by atoms with Crippen LogP contribution in [0.1, 0.15) is 44.8 Å². The Morgan fingerprint density at radius 2 is 1.95 bits per heavy atom. The molecule has 0 saturated carbocycles. The Balaban J connectivity index is 0.00000441. The van der Waals surface area contributed by atoms with Crippen LogP contribution in [0.5, 0.6) is 0 Å². The van der Waals surface area contributed by atoms with Gasteiger partial charge in [-0.25, -0.2) is 4.98 Å². The Hall–Kier alpha value is -0.147. The Labute approximate surface area is 152 Å². The zero-order chi connectivity index (χ0) is 15.9. The van der Waals surface area contributed by atoms with Crippen molar-refractivity contribution >= 4 is 32.0 Å². The summed E-state index contributed by atoms with van der Waals surface area (Å²) < 4.78 is 6.48. The number of rotatable bonds is 9. The van der Waals surface area contributed by atoms with E-state index in [1.807, 2.05) is 19.2 Å². The third-order valence-corrected chi connectivity index (χ3v) is 9.60. The van der Waals surface area contributed by atoms with Gasteiger partial charge in [-0.3, -0.25) is 0 Å². The number of hydrogen-bond acceptors (Lipinski definition) is 4. The molecule has 1 atom stereocenters. The second kappa shape index (κ2) is 10.6. The maximum absolute atomic E-state index is 11.0. The summed E-state index contributed by atoms with van der Waals surface area (Å²) >= 11 is 1.64. The van der Waals surface area contributed by atoms with Crippen molar-refractivity contribution in [3.05, 3.63) is 21.7 Å². The van der Waals surface area contributed by atoms with Gasteiger partial charge in [-0.1, -0.05) is 20.8 Å². The molecule has 0 N–H and O–H groups in total. The normalized spacial score (nSPS) is 13.6. The standard InChI is InChI=1S/C16H27NO2SSi.Os/c1-6-21(7-2,8-3)19-16(9-10-18)13(4)11-15-12-20-14(5)17-15;/h10-12,16H,6-9H2,1-5H3;/t16-;/m1./s1. The molecule has 126 valence electrons. The monoisotopic (exact) mass is 517 g/mol. The number of aromatic nitrogens is 1. The van der Waals surface area contributed by atoms with Gasteiger partial charge in [0.05, 0.1) is 16.8 Å². The van der Waals surface area contributed by atoms with Crippen molar-refractivity contribution < 1.29 is 29.0 Å². The number of nitrogens with zero attached hydrogens (tertiary/aromatic N) is 1.